The molecule has 11 heteroatoms. The molecule has 2 aromatic heterocycles. The smallest absolute Gasteiger partial charge is 0.303 e. The summed E-state index contributed by atoms with van der Waals surface area (Å²) in [5, 5.41) is 25.1. The van der Waals surface area contributed by atoms with Gasteiger partial charge in [0.05, 0.1) is 16.7 Å². The van der Waals surface area contributed by atoms with E-state index in [-0.39, 0.29) is 41.4 Å². The SMILES string of the molecule is C=CC1=C(C)[C@@H](Cc2[nH]c(Cc3[nH]c(/C=C4\NC(=O)[C@@H]5CS[C@]45CC)c(C)c3CCC(=O)O)c(CCC(=O)O)c2C)NC1=O. The Labute approximate surface area is 260 Å². The number of hydrogen-bond acceptors (Lipinski definition) is 5. The molecule has 2 saturated heterocycles. The van der Waals surface area contributed by atoms with Crippen molar-refractivity contribution in [2.45, 2.75) is 83.4 Å². The van der Waals surface area contributed by atoms with Crippen molar-refractivity contribution in [3.63, 3.8) is 0 Å². The lowest BCUT2D eigenvalue weighted by Gasteiger charge is -2.41. The fourth-order valence-corrected chi connectivity index (χ4v) is 8.37. The van der Waals surface area contributed by atoms with Gasteiger partial charge < -0.3 is 30.8 Å². The highest BCUT2D eigenvalue weighted by Crippen LogP contribution is 2.56. The molecule has 10 nitrogen and oxygen atoms in total. The lowest BCUT2D eigenvalue weighted by Crippen LogP contribution is -2.44. The van der Waals surface area contributed by atoms with Crippen LogP contribution in [-0.4, -0.2) is 60.5 Å². The first-order valence-corrected chi connectivity index (χ1v) is 16.0. The number of hydrogen-bond donors (Lipinski definition) is 6. The van der Waals surface area contributed by atoms with Gasteiger partial charge in [0.1, 0.15) is 0 Å². The van der Waals surface area contributed by atoms with Crippen LogP contribution in [0.1, 0.15) is 78.1 Å². The molecule has 0 aliphatic carbocycles. The largest absolute Gasteiger partial charge is 0.481 e. The normalized spacial score (nSPS) is 23.5. The maximum Gasteiger partial charge on any atom is 0.303 e. The number of carbonyl (C=O) groups is 4. The van der Waals surface area contributed by atoms with Crippen LogP contribution in [0, 0.1) is 19.8 Å². The number of rotatable bonds is 13. The monoisotopic (exact) mass is 620 g/mol. The minimum Gasteiger partial charge on any atom is -0.481 e. The van der Waals surface area contributed by atoms with Crippen molar-refractivity contribution in [1.29, 1.82) is 0 Å². The molecule has 234 valence electrons. The zero-order valence-electron chi connectivity index (χ0n) is 25.6. The average Bonchev–Trinajstić information content (AvgIpc) is 3.55. The number of carbonyl (C=O) groups excluding carboxylic acids is 2. The summed E-state index contributed by atoms with van der Waals surface area (Å²) in [7, 11) is 0. The number of amides is 2. The second-order valence-corrected chi connectivity index (χ2v) is 13.3. The number of fused-ring (bicyclic) bond motifs is 1. The van der Waals surface area contributed by atoms with Crippen molar-refractivity contribution in [1.82, 2.24) is 20.6 Å². The summed E-state index contributed by atoms with van der Waals surface area (Å²) in [4.78, 5) is 55.3. The first kappa shape index (κ1) is 31.4. The van der Waals surface area contributed by atoms with E-state index >= 15 is 0 Å². The predicted molar refractivity (Wildman–Crippen MR) is 169 cm³/mol. The Balaban J connectivity index is 1.52. The van der Waals surface area contributed by atoms with Gasteiger partial charge in [-0.25, -0.2) is 0 Å². The van der Waals surface area contributed by atoms with E-state index < -0.39 is 11.9 Å². The summed E-state index contributed by atoms with van der Waals surface area (Å²) < 4.78 is -0.251. The fraction of sp³-hybridized carbons (Fsp3) is 0.455. The van der Waals surface area contributed by atoms with Gasteiger partial charge in [-0.3, -0.25) is 19.2 Å². The third-order valence-corrected chi connectivity index (χ3v) is 11.4. The van der Waals surface area contributed by atoms with Gasteiger partial charge in [-0.05, 0) is 73.9 Å². The number of thioether (sulfide) groups is 1. The van der Waals surface area contributed by atoms with E-state index in [0.29, 0.717) is 31.3 Å². The molecular weight excluding hydrogens is 580 g/mol. The Morgan fingerprint density at radius 1 is 1.00 bits per heavy atom. The van der Waals surface area contributed by atoms with Crippen LogP contribution in [0.3, 0.4) is 0 Å². The third-order valence-electron chi connectivity index (χ3n) is 9.63. The lowest BCUT2D eigenvalue weighted by atomic mass is 9.89. The molecular formula is C33H40N4O6S. The Morgan fingerprint density at radius 2 is 1.64 bits per heavy atom. The number of aliphatic carboxylic acids is 2. The van der Waals surface area contributed by atoms with Gasteiger partial charge in [0.25, 0.3) is 5.91 Å². The Hall–Kier alpha value is -3.99. The maximum absolute atomic E-state index is 12.6. The first-order chi connectivity index (χ1) is 20.9. The van der Waals surface area contributed by atoms with Crippen LogP contribution in [0.5, 0.6) is 0 Å². The van der Waals surface area contributed by atoms with Crippen molar-refractivity contribution in [3.05, 3.63) is 74.5 Å². The average molecular weight is 621 g/mol. The van der Waals surface area contributed by atoms with Gasteiger partial charge >= 0.3 is 11.9 Å². The van der Waals surface area contributed by atoms with Crippen LogP contribution in [0.15, 0.2) is 29.5 Å². The number of carboxylic acid groups (broad SMARTS) is 2. The number of aromatic nitrogens is 2. The molecule has 0 bridgehead atoms. The Morgan fingerprint density at radius 3 is 2.18 bits per heavy atom. The molecule has 44 heavy (non-hydrogen) atoms. The quantitative estimate of drug-likeness (QED) is 0.196. The standard InChI is InChI=1S/C33H40N4O6S/c1-6-19-16(3)24(36-31(19)42)12-23-17(4)20(8-10-29(38)39)26(34-23)13-27-21(9-11-30(40)41)18(5)25(35-27)14-28-33(7-2)22(15-44-33)32(43)37-28/h6,14,22,24,34-35H,1,7-13,15H2,2-5H3,(H,36,42)(H,37,43)(H,38,39)(H,40,41)/b28-14-/t22-,24+,33-/m0/s1. The number of carboxylic acids is 2. The molecule has 5 rings (SSSR count). The summed E-state index contributed by atoms with van der Waals surface area (Å²) in [5.74, 6) is -1.11. The molecule has 0 radical (unpaired) electrons. The van der Waals surface area contributed by atoms with E-state index in [1.165, 1.54) is 0 Å². The van der Waals surface area contributed by atoms with Crippen molar-refractivity contribution in [2.24, 2.45) is 5.92 Å². The molecule has 6 N–H and O–H groups in total. The second-order valence-electron chi connectivity index (χ2n) is 12.0. The van der Waals surface area contributed by atoms with Crippen LogP contribution in [0.4, 0.5) is 0 Å². The minimum absolute atomic E-state index is 0.0323. The summed E-state index contributed by atoms with van der Waals surface area (Å²) in [6.45, 7) is 11.7. The minimum atomic E-state index is -0.891. The van der Waals surface area contributed by atoms with Gasteiger partial charge in [-0.15, -0.1) is 11.8 Å². The molecule has 2 amide bonds. The van der Waals surface area contributed by atoms with E-state index in [1.54, 1.807) is 17.8 Å². The van der Waals surface area contributed by atoms with E-state index in [1.807, 2.05) is 26.8 Å². The van der Waals surface area contributed by atoms with Crippen LogP contribution in [0.2, 0.25) is 0 Å². The van der Waals surface area contributed by atoms with E-state index in [2.05, 4.69) is 34.1 Å². The van der Waals surface area contributed by atoms with Crippen molar-refractivity contribution in [2.75, 3.05) is 5.75 Å². The highest BCUT2D eigenvalue weighted by atomic mass is 32.2. The fourth-order valence-electron chi connectivity index (χ4n) is 6.91. The van der Waals surface area contributed by atoms with Gasteiger partial charge in [-0.1, -0.05) is 19.6 Å². The Kier molecular flexibility index (Phi) is 8.71. The van der Waals surface area contributed by atoms with Crippen LogP contribution < -0.4 is 10.6 Å². The summed E-state index contributed by atoms with van der Waals surface area (Å²) in [5.41, 5.74) is 9.54. The zero-order chi connectivity index (χ0) is 31.9. The van der Waals surface area contributed by atoms with Crippen LogP contribution in [-0.2, 0) is 44.9 Å². The predicted octanol–water partition coefficient (Wildman–Crippen LogP) is 4.11. The summed E-state index contributed by atoms with van der Waals surface area (Å²) in [6.07, 6.45) is 5.93. The molecule has 0 spiro atoms. The molecule has 0 saturated carbocycles. The molecule has 0 unspecified atom stereocenters. The van der Waals surface area contributed by atoms with E-state index in [9.17, 15) is 29.4 Å². The van der Waals surface area contributed by atoms with Gasteiger partial charge in [0.15, 0.2) is 0 Å². The number of H-pyrrole nitrogens is 2. The van der Waals surface area contributed by atoms with Crippen molar-refractivity contribution < 1.29 is 29.4 Å². The molecule has 2 fully saturated rings. The second kappa shape index (κ2) is 12.2. The number of nitrogens with one attached hydrogen (secondary N) is 4. The molecule has 0 aromatic carbocycles. The Bertz CT molecular complexity index is 1620. The number of aromatic amines is 2. The molecule has 2 aromatic rings. The van der Waals surface area contributed by atoms with Crippen molar-refractivity contribution in [3.8, 4) is 0 Å². The van der Waals surface area contributed by atoms with E-state index in [4.69, 9.17) is 0 Å². The van der Waals surface area contributed by atoms with Gasteiger partial charge in [0, 0.05) is 65.5 Å². The summed E-state index contributed by atoms with van der Waals surface area (Å²) >= 11 is 1.79. The third kappa shape index (κ3) is 5.53. The van der Waals surface area contributed by atoms with Gasteiger partial charge in [-0.2, -0.15) is 0 Å². The molecule has 3 atom stereocenters. The highest BCUT2D eigenvalue weighted by molar-refractivity contribution is 8.02. The van der Waals surface area contributed by atoms with Gasteiger partial charge in [0.2, 0.25) is 5.91 Å². The first-order valence-electron chi connectivity index (χ1n) is 15.0. The molecule has 5 heterocycles. The topological polar surface area (TPSA) is 164 Å². The van der Waals surface area contributed by atoms with Crippen LogP contribution >= 0.6 is 11.8 Å². The van der Waals surface area contributed by atoms with Crippen molar-refractivity contribution >= 4 is 41.6 Å². The molecule has 3 aliphatic rings. The highest BCUT2D eigenvalue weighted by Gasteiger charge is 2.58. The zero-order valence-corrected chi connectivity index (χ0v) is 26.4. The lowest BCUT2D eigenvalue weighted by molar-refractivity contribution is -0.138. The molecule has 3 aliphatic heterocycles. The maximum atomic E-state index is 12.6. The van der Waals surface area contributed by atoms with E-state index in [0.717, 1.165) is 68.5 Å². The van der Waals surface area contributed by atoms with Crippen LogP contribution in [0.25, 0.3) is 6.08 Å². The summed E-state index contributed by atoms with van der Waals surface area (Å²) in [6, 6.07) is -0.203.